The molecule has 104 valence electrons. The normalized spacial score (nSPS) is 19.6. The van der Waals surface area contributed by atoms with Crippen molar-refractivity contribution in [3.8, 4) is 0 Å². The van der Waals surface area contributed by atoms with E-state index >= 15 is 0 Å². The van der Waals surface area contributed by atoms with E-state index in [-0.39, 0.29) is 6.03 Å². The van der Waals surface area contributed by atoms with Gasteiger partial charge in [0, 0.05) is 26.8 Å². The van der Waals surface area contributed by atoms with Crippen LogP contribution in [0.4, 0.5) is 4.79 Å². The highest BCUT2D eigenvalue weighted by Crippen LogP contribution is 2.16. The third-order valence-corrected chi connectivity index (χ3v) is 3.52. The molecule has 1 rings (SSSR count). The minimum absolute atomic E-state index is 0.360. The number of urea groups is 1. The maximum atomic E-state index is 11.8. The molecule has 6 nitrogen and oxygen atoms in total. The Hall–Kier alpha value is -1.30. The fraction of sp³-hybridized carbons (Fsp3) is 0.833. The fourth-order valence-electron chi connectivity index (χ4n) is 1.71. The van der Waals surface area contributed by atoms with E-state index in [2.05, 4.69) is 5.32 Å². The van der Waals surface area contributed by atoms with Crippen LogP contribution >= 0.6 is 0 Å². The molecule has 6 heteroatoms. The van der Waals surface area contributed by atoms with Gasteiger partial charge in [0.05, 0.1) is 0 Å². The van der Waals surface area contributed by atoms with E-state index in [1.807, 2.05) is 0 Å². The van der Waals surface area contributed by atoms with Gasteiger partial charge in [0.25, 0.3) is 0 Å². The number of hydrogen-bond acceptors (Lipinski definition) is 3. The second-order valence-electron chi connectivity index (χ2n) is 5.17. The molecule has 1 saturated heterocycles. The van der Waals surface area contributed by atoms with E-state index in [9.17, 15) is 9.59 Å². The summed E-state index contributed by atoms with van der Waals surface area (Å²) in [6.45, 7) is 5.10. The molecule has 0 aliphatic carbocycles. The van der Waals surface area contributed by atoms with Crippen LogP contribution in [0, 0.1) is 5.92 Å². The Kier molecular flexibility index (Phi) is 4.95. The SMILES string of the molecule is CN(C(=O)NCCC1CCOC1)C(C)(C)C(=O)O. The van der Waals surface area contributed by atoms with Crippen LogP contribution in [-0.2, 0) is 9.53 Å². The van der Waals surface area contributed by atoms with Gasteiger partial charge in [0.15, 0.2) is 0 Å². The van der Waals surface area contributed by atoms with Crippen molar-refractivity contribution in [3.63, 3.8) is 0 Å². The number of amides is 2. The highest BCUT2D eigenvalue weighted by molar-refractivity contribution is 5.85. The standard InChI is InChI=1S/C12H22N2O4/c1-12(2,10(15)16)14(3)11(17)13-6-4-9-5-7-18-8-9/h9H,4-8H2,1-3H3,(H,13,17)(H,15,16). The molecule has 2 amide bonds. The average Bonchev–Trinajstić information content (AvgIpc) is 2.80. The van der Waals surface area contributed by atoms with Gasteiger partial charge in [-0.2, -0.15) is 0 Å². The van der Waals surface area contributed by atoms with Crippen molar-refractivity contribution >= 4 is 12.0 Å². The highest BCUT2D eigenvalue weighted by atomic mass is 16.5. The van der Waals surface area contributed by atoms with Gasteiger partial charge in [-0.3, -0.25) is 0 Å². The van der Waals surface area contributed by atoms with Crippen LogP contribution in [0.2, 0.25) is 0 Å². The third-order valence-electron chi connectivity index (χ3n) is 3.52. The molecule has 1 unspecified atom stereocenters. The summed E-state index contributed by atoms with van der Waals surface area (Å²) in [5, 5.41) is 11.8. The van der Waals surface area contributed by atoms with E-state index in [1.165, 1.54) is 25.8 Å². The van der Waals surface area contributed by atoms with Crippen LogP contribution in [-0.4, -0.2) is 54.4 Å². The van der Waals surface area contributed by atoms with Crippen molar-refractivity contribution in [2.24, 2.45) is 5.92 Å². The number of nitrogens with zero attached hydrogens (tertiary/aromatic N) is 1. The summed E-state index contributed by atoms with van der Waals surface area (Å²) in [5.41, 5.74) is -1.21. The molecule has 0 saturated carbocycles. The third kappa shape index (κ3) is 3.60. The zero-order chi connectivity index (χ0) is 13.8. The average molecular weight is 258 g/mol. The van der Waals surface area contributed by atoms with Gasteiger partial charge in [-0.05, 0) is 32.6 Å². The molecule has 1 fully saturated rings. The lowest BCUT2D eigenvalue weighted by Gasteiger charge is -2.31. The number of carbonyl (C=O) groups is 2. The van der Waals surface area contributed by atoms with Crippen LogP contribution < -0.4 is 5.32 Å². The topological polar surface area (TPSA) is 78.9 Å². The minimum atomic E-state index is -1.21. The molecular weight excluding hydrogens is 236 g/mol. The second-order valence-corrected chi connectivity index (χ2v) is 5.17. The number of carboxylic acids is 1. The molecule has 0 aromatic carbocycles. The fourth-order valence-corrected chi connectivity index (χ4v) is 1.71. The van der Waals surface area contributed by atoms with Crippen molar-refractivity contribution in [2.45, 2.75) is 32.2 Å². The van der Waals surface area contributed by atoms with E-state index in [1.54, 1.807) is 0 Å². The predicted octanol–water partition coefficient (Wildman–Crippen LogP) is 0.918. The Bertz CT molecular complexity index is 311. The largest absolute Gasteiger partial charge is 0.480 e. The first kappa shape index (κ1) is 14.8. The number of ether oxygens (including phenoxy) is 1. The van der Waals surface area contributed by atoms with Crippen molar-refractivity contribution in [1.82, 2.24) is 10.2 Å². The van der Waals surface area contributed by atoms with Gasteiger partial charge in [-0.1, -0.05) is 0 Å². The molecule has 1 heterocycles. The molecule has 0 spiro atoms. The summed E-state index contributed by atoms with van der Waals surface area (Å²) in [4.78, 5) is 24.0. The number of nitrogens with one attached hydrogen (secondary N) is 1. The lowest BCUT2D eigenvalue weighted by Crippen LogP contribution is -2.54. The maximum Gasteiger partial charge on any atom is 0.329 e. The Morgan fingerprint density at radius 1 is 1.50 bits per heavy atom. The summed E-state index contributed by atoms with van der Waals surface area (Å²) in [6.07, 6.45) is 1.90. The smallest absolute Gasteiger partial charge is 0.329 e. The van der Waals surface area contributed by atoms with Crippen LogP contribution in [0.1, 0.15) is 26.7 Å². The van der Waals surface area contributed by atoms with E-state index in [0.717, 1.165) is 26.1 Å². The highest BCUT2D eigenvalue weighted by Gasteiger charge is 2.35. The number of carbonyl (C=O) groups excluding carboxylic acids is 1. The van der Waals surface area contributed by atoms with E-state index in [0.29, 0.717) is 12.5 Å². The summed E-state index contributed by atoms with van der Waals surface area (Å²) >= 11 is 0. The molecule has 2 N–H and O–H groups in total. The first-order valence-electron chi connectivity index (χ1n) is 6.18. The van der Waals surface area contributed by atoms with Crippen molar-refractivity contribution in [3.05, 3.63) is 0 Å². The van der Waals surface area contributed by atoms with E-state index < -0.39 is 11.5 Å². The molecule has 1 aliphatic rings. The number of rotatable bonds is 5. The van der Waals surface area contributed by atoms with E-state index in [4.69, 9.17) is 9.84 Å². The molecule has 0 aromatic heterocycles. The van der Waals surface area contributed by atoms with Gasteiger partial charge in [-0.15, -0.1) is 0 Å². The van der Waals surface area contributed by atoms with Gasteiger partial charge in [0.1, 0.15) is 5.54 Å². The molecule has 0 bridgehead atoms. The zero-order valence-electron chi connectivity index (χ0n) is 11.2. The summed E-state index contributed by atoms with van der Waals surface area (Å²) in [5.74, 6) is -0.521. The van der Waals surface area contributed by atoms with Crippen molar-refractivity contribution < 1.29 is 19.4 Å². The molecular formula is C12H22N2O4. The molecule has 18 heavy (non-hydrogen) atoms. The summed E-state index contributed by atoms with van der Waals surface area (Å²) < 4.78 is 5.25. The van der Waals surface area contributed by atoms with Gasteiger partial charge in [0.2, 0.25) is 0 Å². The summed E-state index contributed by atoms with van der Waals surface area (Å²) in [6, 6.07) is -0.360. The second kappa shape index (κ2) is 6.04. The summed E-state index contributed by atoms with van der Waals surface area (Å²) in [7, 11) is 1.49. The first-order chi connectivity index (χ1) is 8.35. The molecule has 0 aromatic rings. The number of carboxylic acid groups (broad SMARTS) is 1. The maximum absolute atomic E-state index is 11.8. The van der Waals surface area contributed by atoms with Crippen molar-refractivity contribution in [2.75, 3.05) is 26.8 Å². The number of likely N-dealkylation sites (N-methyl/N-ethyl adjacent to an activating group) is 1. The number of hydrogen-bond donors (Lipinski definition) is 2. The first-order valence-corrected chi connectivity index (χ1v) is 6.18. The lowest BCUT2D eigenvalue weighted by molar-refractivity contribution is -0.146. The Balaban J connectivity index is 2.33. The molecule has 1 atom stereocenters. The van der Waals surface area contributed by atoms with Gasteiger partial charge in [-0.25, -0.2) is 9.59 Å². The van der Waals surface area contributed by atoms with Gasteiger partial charge < -0.3 is 20.1 Å². The van der Waals surface area contributed by atoms with Gasteiger partial charge >= 0.3 is 12.0 Å². The zero-order valence-corrected chi connectivity index (χ0v) is 11.2. The minimum Gasteiger partial charge on any atom is -0.480 e. The van der Waals surface area contributed by atoms with Crippen LogP contribution in [0.3, 0.4) is 0 Å². The van der Waals surface area contributed by atoms with Crippen LogP contribution in [0.15, 0.2) is 0 Å². The van der Waals surface area contributed by atoms with Crippen LogP contribution in [0.5, 0.6) is 0 Å². The van der Waals surface area contributed by atoms with Crippen LogP contribution in [0.25, 0.3) is 0 Å². The molecule has 0 radical (unpaired) electrons. The monoisotopic (exact) mass is 258 g/mol. The predicted molar refractivity (Wildman–Crippen MR) is 66.4 cm³/mol. The lowest BCUT2D eigenvalue weighted by atomic mass is 10.0. The number of aliphatic carboxylic acids is 1. The Morgan fingerprint density at radius 2 is 2.17 bits per heavy atom. The molecule has 1 aliphatic heterocycles. The van der Waals surface area contributed by atoms with Crippen molar-refractivity contribution in [1.29, 1.82) is 0 Å². The quantitative estimate of drug-likeness (QED) is 0.768. The Labute approximate surface area is 107 Å². The Morgan fingerprint density at radius 3 is 2.67 bits per heavy atom.